The first-order chi connectivity index (χ1) is 8.88. The Balaban J connectivity index is 2.47. The summed E-state index contributed by atoms with van der Waals surface area (Å²) >= 11 is 12.0. The van der Waals surface area contributed by atoms with Gasteiger partial charge in [-0.3, -0.25) is 0 Å². The molecule has 0 aliphatic carbocycles. The van der Waals surface area contributed by atoms with Crippen molar-refractivity contribution in [2.45, 2.75) is 32.9 Å². The van der Waals surface area contributed by atoms with Crippen LogP contribution in [0.15, 0.2) is 18.2 Å². The highest BCUT2D eigenvalue weighted by atomic mass is 35.5. The molecular formula is C15H24Cl2N2. The van der Waals surface area contributed by atoms with Gasteiger partial charge in [0, 0.05) is 29.2 Å². The first kappa shape index (κ1) is 16.8. The van der Waals surface area contributed by atoms with Crippen LogP contribution in [-0.4, -0.2) is 31.6 Å². The molecule has 2 nitrogen and oxygen atoms in total. The van der Waals surface area contributed by atoms with Crippen molar-refractivity contribution in [2.24, 2.45) is 5.92 Å². The standard InChI is InChI=1S/C15H24Cl2N2/c1-11(2)5-15(19(3)4)10-18-9-12-6-13(16)8-14(17)7-12/h6-8,11,15,18H,5,9-10H2,1-4H3. The molecular weight excluding hydrogens is 279 g/mol. The van der Waals surface area contributed by atoms with Crippen molar-refractivity contribution in [3.8, 4) is 0 Å². The van der Waals surface area contributed by atoms with Gasteiger partial charge in [-0.05, 0) is 50.2 Å². The van der Waals surface area contributed by atoms with Gasteiger partial charge in [0.15, 0.2) is 0 Å². The Morgan fingerprint density at radius 3 is 2.16 bits per heavy atom. The lowest BCUT2D eigenvalue weighted by atomic mass is 10.0. The van der Waals surface area contributed by atoms with Crippen LogP contribution in [-0.2, 0) is 6.54 Å². The van der Waals surface area contributed by atoms with Gasteiger partial charge in [0.05, 0.1) is 0 Å². The molecule has 0 aliphatic rings. The summed E-state index contributed by atoms with van der Waals surface area (Å²) in [5.41, 5.74) is 1.12. The van der Waals surface area contributed by atoms with Crippen LogP contribution in [0.25, 0.3) is 0 Å². The molecule has 0 amide bonds. The SMILES string of the molecule is CC(C)CC(CNCc1cc(Cl)cc(Cl)c1)N(C)C. The van der Waals surface area contributed by atoms with Crippen molar-refractivity contribution in [1.29, 1.82) is 0 Å². The maximum atomic E-state index is 5.99. The summed E-state index contributed by atoms with van der Waals surface area (Å²) in [7, 11) is 4.26. The van der Waals surface area contributed by atoms with Crippen molar-refractivity contribution in [2.75, 3.05) is 20.6 Å². The predicted octanol–water partition coefficient (Wildman–Crippen LogP) is 4.06. The van der Waals surface area contributed by atoms with E-state index in [0.717, 1.165) is 18.7 Å². The Bertz CT molecular complexity index is 371. The monoisotopic (exact) mass is 302 g/mol. The maximum Gasteiger partial charge on any atom is 0.0424 e. The Labute approximate surface area is 127 Å². The predicted molar refractivity (Wildman–Crippen MR) is 85.1 cm³/mol. The third kappa shape index (κ3) is 6.62. The molecule has 0 aromatic heterocycles. The molecule has 1 aromatic carbocycles. The zero-order valence-electron chi connectivity index (χ0n) is 12.2. The quantitative estimate of drug-likeness (QED) is 0.817. The molecule has 1 unspecified atom stereocenters. The van der Waals surface area contributed by atoms with Gasteiger partial charge in [0.2, 0.25) is 0 Å². The third-order valence-electron chi connectivity index (χ3n) is 3.11. The first-order valence-corrected chi connectivity index (χ1v) is 7.46. The largest absolute Gasteiger partial charge is 0.311 e. The minimum Gasteiger partial charge on any atom is -0.311 e. The zero-order valence-corrected chi connectivity index (χ0v) is 13.7. The molecule has 0 saturated heterocycles. The highest BCUT2D eigenvalue weighted by molar-refractivity contribution is 6.34. The molecule has 0 bridgehead atoms. The van der Waals surface area contributed by atoms with Gasteiger partial charge >= 0.3 is 0 Å². The lowest BCUT2D eigenvalue weighted by molar-refractivity contribution is 0.246. The van der Waals surface area contributed by atoms with E-state index < -0.39 is 0 Å². The average molecular weight is 303 g/mol. The van der Waals surface area contributed by atoms with E-state index in [0.29, 0.717) is 22.0 Å². The number of halogens is 2. The minimum atomic E-state index is 0.551. The van der Waals surface area contributed by atoms with Gasteiger partial charge < -0.3 is 10.2 Å². The highest BCUT2D eigenvalue weighted by Gasteiger charge is 2.12. The zero-order chi connectivity index (χ0) is 14.4. The van der Waals surface area contributed by atoms with Gasteiger partial charge in [-0.25, -0.2) is 0 Å². The number of nitrogens with one attached hydrogen (secondary N) is 1. The van der Waals surface area contributed by atoms with Gasteiger partial charge in [-0.15, -0.1) is 0 Å². The molecule has 0 fully saturated rings. The maximum absolute atomic E-state index is 5.99. The number of hydrogen-bond donors (Lipinski definition) is 1. The van der Waals surface area contributed by atoms with Crippen molar-refractivity contribution in [1.82, 2.24) is 10.2 Å². The second-order valence-electron chi connectivity index (χ2n) is 5.66. The van der Waals surface area contributed by atoms with E-state index in [1.807, 2.05) is 12.1 Å². The van der Waals surface area contributed by atoms with Crippen LogP contribution in [0.3, 0.4) is 0 Å². The summed E-state index contributed by atoms with van der Waals surface area (Å²) in [6, 6.07) is 6.21. The molecule has 1 N–H and O–H groups in total. The Morgan fingerprint density at radius 2 is 1.68 bits per heavy atom. The van der Waals surface area contributed by atoms with Crippen LogP contribution in [0.1, 0.15) is 25.8 Å². The molecule has 108 valence electrons. The fraction of sp³-hybridized carbons (Fsp3) is 0.600. The van der Waals surface area contributed by atoms with Crippen LogP contribution in [0.2, 0.25) is 10.0 Å². The molecule has 0 saturated carbocycles. The molecule has 1 atom stereocenters. The summed E-state index contributed by atoms with van der Waals surface area (Å²) in [5, 5.41) is 4.86. The van der Waals surface area contributed by atoms with Crippen LogP contribution < -0.4 is 5.32 Å². The smallest absolute Gasteiger partial charge is 0.0424 e. The number of hydrogen-bond acceptors (Lipinski definition) is 2. The van der Waals surface area contributed by atoms with E-state index in [1.165, 1.54) is 6.42 Å². The normalized spacial score (nSPS) is 13.3. The molecule has 4 heteroatoms. The van der Waals surface area contributed by atoms with Crippen LogP contribution in [0.5, 0.6) is 0 Å². The van der Waals surface area contributed by atoms with E-state index >= 15 is 0 Å². The number of likely N-dealkylation sites (N-methyl/N-ethyl adjacent to an activating group) is 1. The molecule has 0 aliphatic heterocycles. The number of nitrogens with zero attached hydrogens (tertiary/aromatic N) is 1. The van der Waals surface area contributed by atoms with Gasteiger partial charge in [0.25, 0.3) is 0 Å². The number of benzene rings is 1. The lowest BCUT2D eigenvalue weighted by Crippen LogP contribution is -2.38. The lowest BCUT2D eigenvalue weighted by Gasteiger charge is -2.26. The van der Waals surface area contributed by atoms with Crippen molar-refractivity contribution in [3.63, 3.8) is 0 Å². The number of rotatable bonds is 7. The Morgan fingerprint density at radius 1 is 1.11 bits per heavy atom. The molecule has 0 heterocycles. The van der Waals surface area contributed by atoms with E-state index in [-0.39, 0.29) is 0 Å². The van der Waals surface area contributed by atoms with E-state index in [1.54, 1.807) is 6.07 Å². The van der Waals surface area contributed by atoms with E-state index in [4.69, 9.17) is 23.2 Å². The Hall–Kier alpha value is -0.280. The first-order valence-electron chi connectivity index (χ1n) is 6.70. The van der Waals surface area contributed by atoms with Crippen molar-refractivity contribution < 1.29 is 0 Å². The summed E-state index contributed by atoms with van der Waals surface area (Å²) in [4.78, 5) is 2.28. The topological polar surface area (TPSA) is 15.3 Å². The van der Waals surface area contributed by atoms with E-state index in [2.05, 4.69) is 38.2 Å². The molecule has 0 spiro atoms. The van der Waals surface area contributed by atoms with Crippen LogP contribution in [0.4, 0.5) is 0 Å². The summed E-state index contributed by atoms with van der Waals surface area (Å²) in [5.74, 6) is 0.704. The second-order valence-corrected chi connectivity index (χ2v) is 6.53. The fourth-order valence-corrected chi connectivity index (χ4v) is 2.69. The molecule has 1 aromatic rings. The van der Waals surface area contributed by atoms with Crippen LogP contribution >= 0.6 is 23.2 Å². The molecule has 0 radical (unpaired) electrons. The second kappa shape index (κ2) is 8.11. The minimum absolute atomic E-state index is 0.551. The fourth-order valence-electron chi connectivity index (χ4n) is 2.12. The summed E-state index contributed by atoms with van der Waals surface area (Å²) in [6.07, 6.45) is 1.19. The van der Waals surface area contributed by atoms with Crippen molar-refractivity contribution >= 4 is 23.2 Å². The van der Waals surface area contributed by atoms with E-state index in [9.17, 15) is 0 Å². The van der Waals surface area contributed by atoms with Crippen LogP contribution in [0, 0.1) is 5.92 Å². The van der Waals surface area contributed by atoms with Gasteiger partial charge in [-0.2, -0.15) is 0 Å². The molecule has 19 heavy (non-hydrogen) atoms. The molecule has 1 rings (SSSR count). The highest BCUT2D eigenvalue weighted by Crippen LogP contribution is 2.19. The Kier molecular flexibility index (Phi) is 7.16. The van der Waals surface area contributed by atoms with Gasteiger partial charge in [0.1, 0.15) is 0 Å². The third-order valence-corrected chi connectivity index (χ3v) is 3.54. The summed E-state index contributed by atoms with van der Waals surface area (Å²) < 4.78 is 0. The summed E-state index contributed by atoms with van der Waals surface area (Å²) in [6.45, 7) is 6.28. The average Bonchev–Trinajstić information content (AvgIpc) is 2.25. The van der Waals surface area contributed by atoms with Crippen molar-refractivity contribution in [3.05, 3.63) is 33.8 Å². The van der Waals surface area contributed by atoms with Gasteiger partial charge in [-0.1, -0.05) is 37.0 Å².